The van der Waals surface area contributed by atoms with Gasteiger partial charge in [-0.15, -0.1) is 0 Å². The summed E-state index contributed by atoms with van der Waals surface area (Å²) in [6.45, 7) is 4.30. The second-order valence-electron chi connectivity index (χ2n) is 11.8. The van der Waals surface area contributed by atoms with Crippen molar-refractivity contribution in [1.29, 1.82) is 0 Å². The van der Waals surface area contributed by atoms with Crippen LogP contribution < -0.4 is 10.1 Å². The zero-order valence-electron chi connectivity index (χ0n) is 24.3. The maximum atomic E-state index is 13.3. The third-order valence-electron chi connectivity index (χ3n) is 9.10. The molecule has 2 saturated heterocycles. The van der Waals surface area contributed by atoms with Crippen molar-refractivity contribution in [3.8, 4) is 5.75 Å². The first-order valence-corrected chi connectivity index (χ1v) is 15.3. The number of carbonyl (C=O) groups excluding carboxylic acids is 2. The molecule has 3 unspecified atom stereocenters. The van der Waals surface area contributed by atoms with E-state index in [1.54, 1.807) is 19.2 Å². The van der Waals surface area contributed by atoms with Crippen LogP contribution in [0, 0.1) is 12.8 Å². The van der Waals surface area contributed by atoms with Gasteiger partial charge in [-0.1, -0.05) is 53.6 Å². The van der Waals surface area contributed by atoms with Gasteiger partial charge < -0.3 is 14.6 Å². The minimum absolute atomic E-state index is 0.0840. The lowest BCUT2D eigenvalue weighted by molar-refractivity contribution is 0.0941. The number of nitrogens with one attached hydrogen (secondary N) is 1. The summed E-state index contributed by atoms with van der Waals surface area (Å²) in [5.41, 5.74) is 4.63. The largest absolute Gasteiger partial charge is 0.495 e. The van der Waals surface area contributed by atoms with Crippen molar-refractivity contribution in [2.45, 2.75) is 64.2 Å². The van der Waals surface area contributed by atoms with E-state index < -0.39 is 0 Å². The average Bonchev–Trinajstić information content (AvgIpc) is 3.67. The van der Waals surface area contributed by atoms with Crippen molar-refractivity contribution >= 4 is 34.2 Å². The molecule has 0 spiro atoms. The highest BCUT2D eigenvalue weighted by atomic mass is 35.5. The zero-order valence-corrected chi connectivity index (χ0v) is 25.1. The second-order valence-corrected chi connectivity index (χ2v) is 12.2. The highest BCUT2D eigenvalue weighted by Crippen LogP contribution is 2.43. The van der Waals surface area contributed by atoms with E-state index in [0.29, 0.717) is 41.6 Å². The Labute approximate surface area is 252 Å². The highest BCUT2D eigenvalue weighted by Gasteiger charge is 2.46. The molecule has 6 nitrogen and oxygen atoms in total. The minimum Gasteiger partial charge on any atom is -0.495 e. The van der Waals surface area contributed by atoms with E-state index in [2.05, 4.69) is 33.8 Å². The quantitative estimate of drug-likeness (QED) is 0.192. The topological polar surface area (TPSA) is 63.6 Å². The maximum Gasteiger partial charge on any atom is 0.253 e. The van der Waals surface area contributed by atoms with Crippen LogP contribution in [0.5, 0.6) is 5.75 Å². The molecule has 1 aromatic heterocycles. The number of aryl methyl sites for hydroxylation is 2. The van der Waals surface area contributed by atoms with Crippen molar-refractivity contribution in [3.63, 3.8) is 0 Å². The van der Waals surface area contributed by atoms with Crippen LogP contribution in [0.15, 0.2) is 72.9 Å². The smallest absolute Gasteiger partial charge is 0.253 e. The Morgan fingerprint density at radius 3 is 2.62 bits per heavy atom. The number of halogens is 1. The molecule has 2 bridgehead atoms. The Hall–Kier alpha value is -3.61. The first kappa shape index (κ1) is 28.5. The molecule has 3 aromatic carbocycles. The lowest BCUT2D eigenvalue weighted by Gasteiger charge is -2.24. The molecule has 218 valence electrons. The van der Waals surface area contributed by atoms with E-state index in [1.165, 1.54) is 12.0 Å². The summed E-state index contributed by atoms with van der Waals surface area (Å²) in [5.74, 6) is 1.30. The number of ether oxygens (including phenoxy) is 1. The van der Waals surface area contributed by atoms with Gasteiger partial charge in [0.05, 0.1) is 18.2 Å². The van der Waals surface area contributed by atoms with Gasteiger partial charge in [-0.05, 0) is 74.4 Å². The summed E-state index contributed by atoms with van der Waals surface area (Å²) >= 11 is 6.01. The summed E-state index contributed by atoms with van der Waals surface area (Å²) in [5, 5.41) is 4.66. The molecule has 42 heavy (non-hydrogen) atoms. The first-order chi connectivity index (χ1) is 20.4. The number of carbonyl (C=O) groups is 2. The van der Waals surface area contributed by atoms with Crippen LogP contribution >= 0.6 is 11.6 Å². The Balaban J connectivity index is 1.12. The molecule has 1 N–H and O–H groups in total. The lowest BCUT2D eigenvalue weighted by atomic mass is 9.84. The van der Waals surface area contributed by atoms with E-state index in [9.17, 15) is 9.59 Å². The van der Waals surface area contributed by atoms with Crippen LogP contribution in [0.1, 0.15) is 63.9 Å². The predicted octanol–water partition coefficient (Wildman–Crippen LogP) is 7.06. The van der Waals surface area contributed by atoms with Crippen molar-refractivity contribution in [1.82, 2.24) is 14.8 Å². The van der Waals surface area contributed by atoms with E-state index in [-0.39, 0.29) is 11.7 Å². The Morgan fingerprint density at radius 1 is 1.02 bits per heavy atom. The van der Waals surface area contributed by atoms with Crippen LogP contribution in [0.25, 0.3) is 10.9 Å². The Kier molecular flexibility index (Phi) is 8.36. The minimum atomic E-state index is -0.0840. The fraction of sp³-hybridized carbons (Fsp3) is 0.371. The first-order valence-electron chi connectivity index (χ1n) is 15.0. The molecule has 2 aliphatic rings. The number of nitrogens with zero attached hydrogens (tertiary/aromatic N) is 2. The van der Waals surface area contributed by atoms with Crippen LogP contribution in [-0.4, -0.2) is 46.9 Å². The SMILES string of the molecule is COc1cccc2c(C(=O)NCc3cccc(C)c3)cn(CCCN3C4CCC3C(CC(=O)c3ccc(Cl)cc3)C4)c12. The fourth-order valence-electron chi connectivity index (χ4n) is 7.16. The van der Waals surface area contributed by atoms with Gasteiger partial charge in [-0.3, -0.25) is 14.5 Å². The molecular formula is C35H38ClN3O3. The van der Waals surface area contributed by atoms with E-state index in [1.807, 2.05) is 48.7 Å². The van der Waals surface area contributed by atoms with Gasteiger partial charge in [-0.25, -0.2) is 0 Å². The van der Waals surface area contributed by atoms with Crippen molar-refractivity contribution in [2.24, 2.45) is 5.92 Å². The Morgan fingerprint density at radius 2 is 1.83 bits per heavy atom. The normalized spacial score (nSPS) is 19.8. The number of rotatable bonds is 11. The van der Waals surface area contributed by atoms with E-state index in [0.717, 1.165) is 60.1 Å². The van der Waals surface area contributed by atoms with Crippen molar-refractivity contribution < 1.29 is 14.3 Å². The predicted molar refractivity (Wildman–Crippen MR) is 167 cm³/mol. The van der Waals surface area contributed by atoms with Crippen molar-refractivity contribution in [3.05, 3.63) is 100 Å². The molecule has 4 aromatic rings. The van der Waals surface area contributed by atoms with Crippen LogP contribution in [-0.2, 0) is 13.1 Å². The van der Waals surface area contributed by atoms with E-state index >= 15 is 0 Å². The Bertz CT molecular complexity index is 1600. The van der Waals surface area contributed by atoms with Gasteiger partial charge in [-0.2, -0.15) is 0 Å². The molecule has 7 heteroatoms. The van der Waals surface area contributed by atoms with Crippen molar-refractivity contribution in [2.75, 3.05) is 13.7 Å². The number of methoxy groups -OCH3 is 1. The number of aromatic nitrogens is 1. The van der Waals surface area contributed by atoms with Gasteiger partial charge in [0.2, 0.25) is 0 Å². The lowest BCUT2D eigenvalue weighted by Crippen LogP contribution is -2.32. The molecule has 2 fully saturated rings. The molecule has 0 aliphatic carbocycles. The number of hydrogen-bond acceptors (Lipinski definition) is 4. The number of fused-ring (bicyclic) bond motifs is 3. The standard InChI is InChI=1S/C35H38ClN3O3/c1-23-6-3-7-24(18-23)21-37-35(41)30-22-38(34-29(30)8-4-9-33(34)42-2)16-5-17-39-28-14-15-31(39)26(19-28)20-32(40)25-10-12-27(36)13-11-25/h3-4,6-13,18,22,26,28,31H,5,14-17,19-21H2,1-2H3,(H,37,41). The maximum absolute atomic E-state index is 13.3. The molecule has 6 rings (SSSR count). The fourth-order valence-corrected chi connectivity index (χ4v) is 7.29. The highest BCUT2D eigenvalue weighted by molar-refractivity contribution is 6.30. The average molecular weight is 584 g/mol. The van der Waals surface area contributed by atoms with Crippen LogP contribution in [0.2, 0.25) is 5.02 Å². The number of amides is 1. The molecule has 3 heterocycles. The third-order valence-corrected chi connectivity index (χ3v) is 9.35. The molecule has 2 aliphatic heterocycles. The summed E-state index contributed by atoms with van der Waals surface area (Å²) in [6, 6.07) is 22.4. The molecule has 0 radical (unpaired) electrons. The molecule has 0 saturated carbocycles. The summed E-state index contributed by atoms with van der Waals surface area (Å²) in [4.78, 5) is 28.9. The van der Waals surface area contributed by atoms with Gasteiger partial charge in [0.15, 0.2) is 5.78 Å². The summed E-state index contributed by atoms with van der Waals surface area (Å²) in [7, 11) is 1.68. The monoisotopic (exact) mass is 583 g/mol. The van der Waals surface area contributed by atoms with Gasteiger partial charge in [0.25, 0.3) is 5.91 Å². The number of para-hydroxylation sites is 1. The molecule has 3 atom stereocenters. The third kappa shape index (κ3) is 5.83. The molecular weight excluding hydrogens is 546 g/mol. The van der Waals surface area contributed by atoms with E-state index in [4.69, 9.17) is 16.3 Å². The number of benzene rings is 3. The van der Waals surface area contributed by atoms with Gasteiger partial charge in [0.1, 0.15) is 5.75 Å². The van der Waals surface area contributed by atoms with Gasteiger partial charge >= 0.3 is 0 Å². The van der Waals surface area contributed by atoms with Crippen LogP contribution in [0.4, 0.5) is 0 Å². The summed E-state index contributed by atoms with van der Waals surface area (Å²) < 4.78 is 7.90. The zero-order chi connectivity index (χ0) is 29.2. The number of Topliss-reactive ketones (excluding diaryl/α,β-unsaturated/α-hetero) is 1. The molecule has 1 amide bonds. The van der Waals surface area contributed by atoms with Gasteiger partial charge in [0, 0.05) is 60.3 Å². The second kappa shape index (κ2) is 12.3. The number of ketones is 1. The number of hydrogen-bond donors (Lipinski definition) is 1. The summed E-state index contributed by atoms with van der Waals surface area (Å²) in [6.07, 6.45) is 6.99. The van der Waals surface area contributed by atoms with Crippen LogP contribution in [0.3, 0.4) is 0 Å².